The number of carbonyl (C=O) groups excluding carboxylic acids is 1. The Labute approximate surface area is 144 Å². The maximum atomic E-state index is 12.4. The first kappa shape index (κ1) is 19.5. The maximum Gasteiger partial charge on any atom is 0.416 e. The molecule has 8 heteroatoms. The minimum atomic E-state index is -4.39. The number of halogens is 3. The van der Waals surface area contributed by atoms with Crippen LogP contribution in [0.4, 0.5) is 13.2 Å². The fraction of sp³-hybridized carbons (Fsp3) is 0.588. The van der Waals surface area contributed by atoms with Gasteiger partial charge in [-0.25, -0.2) is 0 Å². The van der Waals surface area contributed by atoms with Gasteiger partial charge in [0, 0.05) is 13.0 Å². The molecule has 1 aromatic carbocycles. The van der Waals surface area contributed by atoms with Gasteiger partial charge < -0.3 is 20.5 Å². The van der Waals surface area contributed by atoms with Gasteiger partial charge in [0.1, 0.15) is 18.5 Å². The van der Waals surface area contributed by atoms with E-state index in [2.05, 4.69) is 10.6 Å². The average Bonchev–Trinajstić information content (AvgIpc) is 3.09. The molecule has 0 radical (unpaired) electrons. The van der Waals surface area contributed by atoms with Crippen LogP contribution in [0, 0.1) is 5.92 Å². The Balaban J connectivity index is 1.63. The third kappa shape index (κ3) is 6.91. The molecule has 1 fully saturated rings. The summed E-state index contributed by atoms with van der Waals surface area (Å²) in [6, 6.07) is 4.23. The molecule has 1 heterocycles. The Bertz CT molecular complexity index is 543. The van der Waals surface area contributed by atoms with Crippen LogP contribution in [-0.4, -0.2) is 43.4 Å². The van der Waals surface area contributed by atoms with E-state index in [1.807, 2.05) is 0 Å². The second-order valence-electron chi connectivity index (χ2n) is 6.19. The molecule has 5 nitrogen and oxygen atoms in total. The molecule has 1 amide bonds. The maximum absolute atomic E-state index is 12.4. The average molecular weight is 360 g/mol. The Kier molecular flexibility index (Phi) is 7.07. The fourth-order valence-electron chi connectivity index (χ4n) is 2.61. The van der Waals surface area contributed by atoms with Gasteiger partial charge in [-0.2, -0.15) is 13.2 Å². The Hall–Kier alpha value is -1.80. The first-order valence-corrected chi connectivity index (χ1v) is 8.30. The third-order valence-corrected chi connectivity index (χ3v) is 4.10. The quantitative estimate of drug-likeness (QED) is 0.663. The molecule has 0 saturated carbocycles. The second-order valence-corrected chi connectivity index (χ2v) is 6.19. The summed E-state index contributed by atoms with van der Waals surface area (Å²) in [5.41, 5.74) is -0.759. The summed E-state index contributed by atoms with van der Waals surface area (Å²) in [7, 11) is 0. The van der Waals surface area contributed by atoms with E-state index in [1.165, 1.54) is 12.1 Å². The molecular weight excluding hydrogens is 337 g/mol. The number of ether oxygens (including phenoxy) is 1. The molecule has 1 aliphatic heterocycles. The topological polar surface area (TPSA) is 70.6 Å². The van der Waals surface area contributed by atoms with Crippen molar-refractivity contribution in [1.82, 2.24) is 10.6 Å². The number of nitrogens with one attached hydrogen (secondary N) is 2. The van der Waals surface area contributed by atoms with E-state index in [4.69, 9.17) is 4.74 Å². The zero-order valence-corrected chi connectivity index (χ0v) is 13.8. The molecule has 2 atom stereocenters. The molecule has 25 heavy (non-hydrogen) atoms. The molecule has 1 aliphatic rings. The van der Waals surface area contributed by atoms with Gasteiger partial charge in [0.05, 0.1) is 5.56 Å². The number of rotatable bonds is 8. The Morgan fingerprint density at radius 1 is 1.36 bits per heavy atom. The second kappa shape index (κ2) is 9.05. The predicted octanol–water partition coefficient (Wildman–Crippen LogP) is 1.95. The minimum absolute atomic E-state index is 0.0440. The highest BCUT2D eigenvalue weighted by Gasteiger charge is 2.30. The highest BCUT2D eigenvalue weighted by Crippen LogP contribution is 2.30. The van der Waals surface area contributed by atoms with Crippen molar-refractivity contribution in [3.05, 3.63) is 29.8 Å². The minimum Gasteiger partial charge on any atom is -0.491 e. The van der Waals surface area contributed by atoms with Crippen molar-refractivity contribution < 1.29 is 27.8 Å². The Morgan fingerprint density at radius 3 is 2.68 bits per heavy atom. The van der Waals surface area contributed by atoms with Crippen molar-refractivity contribution in [1.29, 1.82) is 0 Å². The first-order chi connectivity index (χ1) is 11.8. The van der Waals surface area contributed by atoms with Crippen LogP contribution in [0.15, 0.2) is 24.3 Å². The van der Waals surface area contributed by atoms with E-state index in [0.29, 0.717) is 12.3 Å². The van der Waals surface area contributed by atoms with Crippen LogP contribution in [0.1, 0.15) is 24.8 Å². The predicted molar refractivity (Wildman–Crippen MR) is 86.2 cm³/mol. The number of aliphatic hydroxyl groups excluding tert-OH is 1. The number of hydrogen-bond acceptors (Lipinski definition) is 4. The van der Waals surface area contributed by atoms with Crippen LogP contribution in [0.25, 0.3) is 0 Å². The van der Waals surface area contributed by atoms with Crippen LogP contribution in [0.5, 0.6) is 5.75 Å². The third-order valence-electron chi connectivity index (χ3n) is 4.10. The lowest BCUT2D eigenvalue weighted by Gasteiger charge is -2.14. The molecule has 1 saturated heterocycles. The molecule has 0 aliphatic carbocycles. The molecule has 0 aromatic heterocycles. The number of carbonyl (C=O) groups is 1. The molecule has 0 spiro atoms. The van der Waals surface area contributed by atoms with E-state index < -0.39 is 17.8 Å². The van der Waals surface area contributed by atoms with Crippen LogP contribution in [0.2, 0.25) is 0 Å². The normalized spacial score (nSPS) is 18.8. The lowest BCUT2D eigenvalue weighted by Crippen LogP contribution is -2.35. The van der Waals surface area contributed by atoms with Crippen LogP contribution < -0.4 is 15.4 Å². The van der Waals surface area contributed by atoms with Crippen molar-refractivity contribution in [2.75, 3.05) is 26.2 Å². The number of aliphatic hydroxyl groups is 1. The molecule has 140 valence electrons. The zero-order valence-electron chi connectivity index (χ0n) is 13.8. The summed E-state index contributed by atoms with van der Waals surface area (Å²) in [4.78, 5) is 11.7. The van der Waals surface area contributed by atoms with Crippen LogP contribution in [0.3, 0.4) is 0 Å². The zero-order chi connectivity index (χ0) is 18.3. The summed E-state index contributed by atoms with van der Waals surface area (Å²) >= 11 is 0. The lowest BCUT2D eigenvalue weighted by molar-refractivity contribution is -0.137. The van der Waals surface area contributed by atoms with Gasteiger partial charge in [-0.05, 0) is 56.1 Å². The van der Waals surface area contributed by atoms with Crippen molar-refractivity contribution in [2.45, 2.75) is 31.5 Å². The highest BCUT2D eigenvalue weighted by atomic mass is 19.4. The van der Waals surface area contributed by atoms with Gasteiger partial charge in [0.2, 0.25) is 5.91 Å². The molecule has 2 unspecified atom stereocenters. The summed E-state index contributed by atoms with van der Waals surface area (Å²) in [5.74, 6) is 0.631. The van der Waals surface area contributed by atoms with Gasteiger partial charge >= 0.3 is 6.18 Å². The van der Waals surface area contributed by atoms with Gasteiger partial charge in [-0.15, -0.1) is 0 Å². The van der Waals surface area contributed by atoms with E-state index in [1.54, 1.807) is 0 Å². The van der Waals surface area contributed by atoms with E-state index in [0.717, 1.165) is 38.1 Å². The summed E-state index contributed by atoms with van der Waals surface area (Å²) in [6.45, 7) is 1.86. The lowest BCUT2D eigenvalue weighted by atomic mass is 10.0. The van der Waals surface area contributed by atoms with E-state index >= 15 is 0 Å². The smallest absolute Gasteiger partial charge is 0.416 e. The van der Waals surface area contributed by atoms with E-state index in [9.17, 15) is 23.1 Å². The molecular formula is C17H23F3N2O3. The van der Waals surface area contributed by atoms with Crippen molar-refractivity contribution in [2.24, 2.45) is 5.92 Å². The monoisotopic (exact) mass is 360 g/mol. The van der Waals surface area contributed by atoms with Crippen LogP contribution >= 0.6 is 0 Å². The molecule has 2 rings (SSSR count). The highest BCUT2D eigenvalue weighted by molar-refractivity contribution is 5.75. The van der Waals surface area contributed by atoms with Gasteiger partial charge in [-0.3, -0.25) is 4.79 Å². The Morgan fingerprint density at radius 2 is 2.08 bits per heavy atom. The van der Waals surface area contributed by atoms with Gasteiger partial charge in [-0.1, -0.05) is 0 Å². The summed E-state index contributed by atoms with van der Waals surface area (Å²) < 4.78 is 42.6. The largest absolute Gasteiger partial charge is 0.491 e. The van der Waals surface area contributed by atoms with E-state index in [-0.39, 0.29) is 24.8 Å². The van der Waals surface area contributed by atoms with Gasteiger partial charge in [0.15, 0.2) is 0 Å². The number of benzene rings is 1. The molecule has 3 N–H and O–H groups in total. The molecule has 0 bridgehead atoms. The van der Waals surface area contributed by atoms with Crippen molar-refractivity contribution in [3.8, 4) is 5.75 Å². The van der Waals surface area contributed by atoms with Crippen molar-refractivity contribution >= 4 is 5.91 Å². The molecule has 1 aromatic rings. The summed E-state index contributed by atoms with van der Waals surface area (Å²) in [6.07, 6.45) is -3.01. The number of alkyl halides is 3. The first-order valence-electron chi connectivity index (χ1n) is 8.30. The van der Waals surface area contributed by atoms with Crippen molar-refractivity contribution in [3.63, 3.8) is 0 Å². The van der Waals surface area contributed by atoms with Gasteiger partial charge in [0.25, 0.3) is 0 Å². The SMILES string of the molecule is O=C(CCC1CCNC1)NCC(O)COc1ccc(C(F)(F)F)cc1. The summed E-state index contributed by atoms with van der Waals surface area (Å²) in [5, 5.41) is 15.7. The number of hydrogen-bond donors (Lipinski definition) is 3. The van der Waals surface area contributed by atoms with Crippen LogP contribution in [-0.2, 0) is 11.0 Å². The fourth-order valence-corrected chi connectivity index (χ4v) is 2.61. The number of amides is 1. The standard InChI is InChI=1S/C17H23F3N2O3/c18-17(19,20)13-2-4-15(5-3-13)25-11-14(23)10-22-16(24)6-1-12-7-8-21-9-12/h2-5,12,14,21,23H,1,6-11H2,(H,22,24).